The molecule has 0 aromatic rings. The van der Waals surface area contributed by atoms with Crippen LogP contribution in [0.3, 0.4) is 0 Å². The molecule has 3 nitrogen and oxygen atoms in total. The average molecular weight is 233 g/mol. The largest absolute Gasteiger partial charge is 0.356 e. The molecule has 1 aliphatic rings. The van der Waals surface area contributed by atoms with Gasteiger partial charge in [0.1, 0.15) is 0 Å². The minimum atomic E-state index is -0.0738. The van der Waals surface area contributed by atoms with Gasteiger partial charge >= 0.3 is 0 Å². The van der Waals surface area contributed by atoms with Crippen molar-refractivity contribution in [2.45, 2.75) is 20.3 Å². The summed E-state index contributed by atoms with van der Waals surface area (Å²) in [5.41, 5.74) is 0. The Morgan fingerprint density at radius 2 is 2.40 bits per heavy atom. The van der Waals surface area contributed by atoms with Crippen molar-refractivity contribution in [1.29, 1.82) is 0 Å². The molecule has 0 spiro atoms. The minimum absolute atomic E-state index is 0.0738. The zero-order valence-corrected chi connectivity index (χ0v) is 10.4. The van der Waals surface area contributed by atoms with E-state index < -0.39 is 0 Å². The van der Waals surface area contributed by atoms with E-state index in [1.807, 2.05) is 6.92 Å². The van der Waals surface area contributed by atoms with Crippen LogP contribution < -0.4 is 5.32 Å². The van der Waals surface area contributed by atoms with Gasteiger partial charge in [-0.3, -0.25) is 4.79 Å². The molecule has 0 bridgehead atoms. The Bertz CT molecular complexity index is 211. The van der Waals surface area contributed by atoms with Crippen molar-refractivity contribution in [1.82, 2.24) is 10.2 Å². The van der Waals surface area contributed by atoms with Gasteiger partial charge in [-0.25, -0.2) is 0 Å². The first-order valence-corrected chi connectivity index (χ1v) is 6.26. The average Bonchev–Trinajstić information content (AvgIpc) is 2.72. The molecule has 1 fully saturated rings. The summed E-state index contributed by atoms with van der Waals surface area (Å²) in [7, 11) is 0. The van der Waals surface area contributed by atoms with E-state index in [1.165, 1.54) is 13.0 Å². The first-order valence-electron chi connectivity index (χ1n) is 5.73. The number of rotatable bonds is 5. The molecule has 88 valence electrons. The van der Waals surface area contributed by atoms with Gasteiger partial charge in [-0.1, -0.05) is 13.8 Å². The van der Waals surface area contributed by atoms with Crippen LogP contribution in [0.4, 0.5) is 0 Å². The van der Waals surface area contributed by atoms with Crippen molar-refractivity contribution in [3.8, 4) is 0 Å². The third kappa shape index (κ3) is 3.99. The SMILES string of the molecule is CCN1CCC(CNC(=O)C(C)CCl)C1. The molecule has 1 saturated heterocycles. The van der Waals surface area contributed by atoms with Crippen LogP contribution in [-0.4, -0.2) is 42.9 Å². The summed E-state index contributed by atoms with van der Waals surface area (Å²) >= 11 is 5.62. The topological polar surface area (TPSA) is 32.3 Å². The Morgan fingerprint density at radius 1 is 1.67 bits per heavy atom. The molecular weight excluding hydrogens is 212 g/mol. The molecule has 1 rings (SSSR count). The number of amides is 1. The van der Waals surface area contributed by atoms with Crippen molar-refractivity contribution < 1.29 is 4.79 Å². The molecule has 4 heteroatoms. The smallest absolute Gasteiger partial charge is 0.224 e. The van der Waals surface area contributed by atoms with Gasteiger partial charge in [-0.15, -0.1) is 11.6 Å². The highest BCUT2D eigenvalue weighted by Gasteiger charge is 2.22. The minimum Gasteiger partial charge on any atom is -0.356 e. The zero-order chi connectivity index (χ0) is 11.3. The highest BCUT2D eigenvalue weighted by atomic mass is 35.5. The van der Waals surface area contributed by atoms with Crippen LogP contribution in [0.5, 0.6) is 0 Å². The fourth-order valence-corrected chi connectivity index (χ4v) is 2.00. The van der Waals surface area contributed by atoms with Crippen LogP contribution in [-0.2, 0) is 4.79 Å². The third-order valence-corrected chi connectivity index (χ3v) is 3.52. The Hall–Kier alpha value is -0.280. The van der Waals surface area contributed by atoms with Crippen molar-refractivity contribution in [2.24, 2.45) is 11.8 Å². The first kappa shape index (κ1) is 12.8. The quantitative estimate of drug-likeness (QED) is 0.726. The van der Waals surface area contributed by atoms with Crippen molar-refractivity contribution >= 4 is 17.5 Å². The summed E-state index contributed by atoms with van der Waals surface area (Å²) in [6, 6.07) is 0. The lowest BCUT2D eigenvalue weighted by molar-refractivity contribution is -0.124. The van der Waals surface area contributed by atoms with E-state index in [4.69, 9.17) is 11.6 Å². The molecule has 1 aliphatic heterocycles. The van der Waals surface area contributed by atoms with Gasteiger partial charge in [-0.05, 0) is 25.4 Å². The van der Waals surface area contributed by atoms with E-state index in [-0.39, 0.29) is 11.8 Å². The second kappa shape index (κ2) is 6.33. The van der Waals surface area contributed by atoms with Crippen LogP contribution in [0, 0.1) is 11.8 Å². The number of halogens is 1. The van der Waals surface area contributed by atoms with Gasteiger partial charge in [0.15, 0.2) is 0 Å². The normalized spacial score (nSPS) is 24.1. The fraction of sp³-hybridized carbons (Fsp3) is 0.909. The maximum Gasteiger partial charge on any atom is 0.224 e. The highest BCUT2D eigenvalue weighted by molar-refractivity contribution is 6.19. The lowest BCUT2D eigenvalue weighted by Crippen LogP contribution is -2.34. The summed E-state index contributed by atoms with van der Waals surface area (Å²) in [5.74, 6) is 1.03. The second-order valence-corrected chi connectivity index (χ2v) is 4.66. The summed E-state index contributed by atoms with van der Waals surface area (Å²) in [6.45, 7) is 8.24. The number of carbonyl (C=O) groups is 1. The second-order valence-electron chi connectivity index (χ2n) is 4.35. The predicted molar refractivity (Wildman–Crippen MR) is 63.1 cm³/mol. The molecule has 0 aromatic heterocycles. The van der Waals surface area contributed by atoms with E-state index in [2.05, 4.69) is 17.1 Å². The van der Waals surface area contributed by atoms with Crippen LogP contribution >= 0.6 is 11.6 Å². The van der Waals surface area contributed by atoms with Gasteiger partial charge in [0, 0.05) is 24.9 Å². The molecular formula is C11H21ClN2O. The van der Waals surface area contributed by atoms with Gasteiger partial charge in [0.25, 0.3) is 0 Å². The highest BCUT2D eigenvalue weighted by Crippen LogP contribution is 2.14. The van der Waals surface area contributed by atoms with Crippen molar-refractivity contribution in [3.05, 3.63) is 0 Å². The van der Waals surface area contributed by atoms with E-state index in [1.54, 1.807) is 0 Å². The maximum atomic E-state index is 11.5. The number of likely N-dealkylation sites (tertiary alicyclic amines) is 1. The van der Waals surface area contributed by atoms with E-state index >= 15 is 0 Å². The molecule has 0 aromatic carbocycles. The maximum absolute atomic E-state index is 11.5. The van der Waals surface area contributed by atoms with E-state index in [0.29, 0.717) is 11.8 Å². The molecule has 1 heterocycles. The number of alkyl halides is 1. The molecule has 0 radical (unpaired) electrons. The van der Waals surface area contributed by atoms with Crippen molar-refractivity contribution in [3.63, 3.8) is 0 Å². The summed E-state index contributed by atoms with van der Waals surface area (Å²) in [6.07, 6.45) is 1.20. The number of hydrogen-bond donors (Lipinski definition) is 1. The molecule has 1 N–H and O–H groups in total. The lowest BCUT2D eigenvalue weighted by Gasteiger charge is -2.15. The molecule has 0 aliphatic carbocycles. The molecule has 0 saturated carbocycles. The summed E-state index contributed by atoms with van der Waals surface area (Å²) in [4.78, 5) is 13.9. The summed E-state index contributed by atoms with van der Waals surface area (Å²) < 4.78 is 0. The monoisotopic (exact) mass is 232 g/mol. The zero-order valence-electron chi connectivity index (χ0n) is 9.63. The fourth-order valence-electron chi connectivity index (χ4n) is 1.86. The Morgan fingerprint density at radius 3 is 2.93 bits per heavy atom. The first-order chi connectivity index (χ1) is 7.17. The van der Waals surface area contributed by atoms with Crippen LogP contribution in [0.2, 0.25) is 0 Å². The predicted octanol–water partition coefficient (Wildman–Crippen LogP) is 1.32. The van der Waals surface area contributed by atoms with Gasteiger partial charge in [0.2, 0.25) is 5.91 Å². The Kier molecular flexibility index (Phi) is 5.40. The molecule has 2 atom stereocenters. The number of nitrogens with zero attached hydrogens (tertiary/aromatic N) is 1. The number of carbonyl (C=O) groups excluding carboxylic acids is 1. The third-order valence-electron chi connectivity index (χ3n) is 3.06. The van der Waals surface area contributed by atoms with Gasteiger partial charge in [0.05, 0.1) is 0 Å². The lowest BCUT2D eigenvalue weighted by atomic mass is 10.1. The standard InChI is InChI=1S/C11H21ClN2O/c1-3-14-5-4-10(8-14)7-13-11(15)9(2)6-12/h9-10H,3-8H2,1-2H3,(H,13,15). The number of nitrogens with one attached hydrogen (secondary N) is 1. The van der Waals surface area contributed by atoms with Gasteiger partial charge in [-0.2, -0.15) is 0 Å². The Labute approximate surface area is 97.2 Å². The molecule has 15 heavy (non-hydrogen) atoms. The van der Waals surface area contributed by atoms with Crippen molar-refractivity contribution in [2.75, 3.05) is 32.1 Å². The van der Waals surface area contributed by atoms with Crippen LogP contribution in [0.25, 0.3) is 0 Å². The molecule has 2 unspecified atom stereocenters. The Balaban J connectivity index is 2.18. The number of hydrogen-bond acceptors (Lipinski definition) is 2. The summed E-state index contributed by atoms with van der Waals surface area (Å²) in [5, 5.41) is 2.97. The van der Waals surface area contributed by atoms with E-state index in [0.717, 1.165) is 19.6 Å². The van der Waals surface area contributed by atoms with Crippen LogP contribution in [0.15, 0.2) is 0 Å². The molecule has 1 amide bonds. The van der Waals surface area contributed by atoms with E-state index in [9.17, 15) is 4.79 Å². The van der Waals surface area contributed by atoms with Crippen LogP contribution in [0.1, 0.15) is 20.3 Å². The van der Waals surface area contributed by atoms with Gasteiger partial charge < -0.3 is 10.2 Å².